The topological polar surface area (TPSA) is 102 Å². The summed E-state index contributed by atoms with van der Waals surface area (Å²) in [4.78, 5) is 25.2. The monoisotopic (exact) mass is 480 g/mol. The van der Waals surface area contributed by atoms with Crippen LogP contribution in [0, 0.1) is 0 Å². The number of benzene rings is 3. The molecule has 176 valence electrons. The molecule has 4 rings (SSSR count). The Morgan fingerprint density at radius 2 is 1.76 bits per heavy atom. The van der Waals surface area contributed by atoms with E-state index in [1.807, 2.05) is 18.2 Å². The number of esters is 1. The van der Waals surface area contributed by atoms with Crippen LogP contribution in [0.4, 0.5) is 11.4 Å². The number of anilines is 2. The van der Waals surface area contributed by atoms with Gasteiger partial charge in [-0.15, -0.1) is 0 Å². The number of nitrogens with one attached hydrogen (secondary N) is 1. The first-order valence-electron chi connectivity index (χ1n) is 10.6. The number of aryl methyl sites for hydroxylation is 1. The Morgan fingerprint density at radius 3 is 2.53 bits per heavy atom. The minimum absolute atomic E-state index is 0.0137. The van der Waals surface area contributed by atoms with Crippen molar-refractivity contribution in [3.63, 3.8) is 0 Å². The van der Waals surface area contributed by atoms with Gasteiger partial charge >= 0.3 is 5.97 Å². The van der Waals surface area contributed by atoms with Crippen LogP contribution in [-0.4, -0.2) is 41.1 Å². The van der Waals surface area contributed by atoms with Crippen LogP contribution in [0.25, 0.3) is 0 Å². The quantitative estimate of drug-likeness (QED) is 0.538. The molecule has 0 atom stereocenters. The zero-order chi connectivity index (χ0) is 24.3. The number of methoxy groups -OCH3 is 2. The largest absolute Gasteiger partial charge is 0.497 e. The SMILES string of the molecule is COC(=O)c1cc(OC)ccc1NC(=O)c1cccc(S(=O)(=O)N2CCCc3ccccc32)c1. The zero-order valence-electron chi connectivity index (χ0n) is 18.8. The summed E-state index contributed by atoms with van der Waals surface area (Å²) in [6.07, 6.45) is 1.53. The van der Waals surface area contributed by atoms with Crippen molar-refractivity contribution in [2.75, 3.05) is 30.4 Å². The fourth-order valence-corrected chi connectivity index (χ4v) is 5.49. The van der Waals surface area contributed by atoms with Crippen LogP contribution in [0.3, 0.4) is 0 Å². The van der Waals surface area contributed by atoms with Crippen LogP contribution in [-0.2, 0) is 21.2 Å². The van der Waals surface area contributed by atoms with Crippen molar-refractivity contribution in [3.8, 4) is 5.75 Å². The molecule has 0 aliphatic carbocycles. The van der Waals surface area contributed by atoms with E-state index in [9.17, 15) is 18.0 Å². The summed E-state index contributed by atoms with van der Waals surface area (Å²) in [7, 11) is -1.18. The Bertz CT molecular complexity index is 1350. The maximum atomic E-state index is 13.5. The summed E-state index contributed by atoms with van der Waals surface area (Å²) in [5.74, 6) is -0.783. The predicted molar refractivity (Wildman–Crippen MR) is 128 cm³/mol. The molecule has 8 nitrogen and oxygen atoms in total. The van der Waals surface area contributed by atoms with Gasteiger partial charge in [0.15, 0.2) is 0 Å². The lowest BCUT2D eigenvalue weighted by Crippen LogP contribution is -2.35. The predicted octanol–water partition coefficient (Wildman–Crippen LogP) is 3.88. The number of sulfonamides is 1. The van der Waals surface area contributed by atoms with Gasteiger partial charge in [0.1, 0.15) is 5.75 Å². The van der Waals surface area contributed by atoms with Crippen molar-refractivity contribution < 1.29 is 27.5 Å². The van der Waals surface area contributed by atoms with Gasteiger partial charge in [0.25, 0.3) is 15.9 Å². The highest BCUT2D eigenvalue weighted by atomic mass is 32.2. The molecule has 9 heteroatoms. The van der Waals surface area contributed by atoms with Gasteiger partial charge in [-0.05, 0) is 60.9 Å². The summed E-state index contributed by atoms with van der Waals surface area (Å²) >= 11 is 0. The van der Waals surface area contributed by atoms with Crippen molar-refractivity contribution in [1.82, 2.24) is 0 Å². The minimum atomic E-state index is -3.88. The van der Waals surface area contributed by atoms with E-state index >= 15 is 0 Å². The molecule has 0 saturated heterocycles. The summed E-state index contributed by atoms with van der Waals surface area (Å²) in [6.45, 7) is 0.365. The highest BCUT2D eigenvalue weighted by Gasteiger charge is 2.29. The Hall–Kier alpha value is -3.85. The van der Waals surface area contributed by atoms with Crippen molar-refractivity contribution >= 4 is 33.3 Å². The van der Waals surface area contributed by atoms with Gasteiger partial charge in [-0.3, -0.25) is 9.10 Å². The van der Waals surface area contributed by atoms with E-state index < -0.39 is 21.9 Å². The number of nitrogens with zero attached hydrogens (tertiary/aromatic N) is 1. The van der Waals surface area contributed by atoms with Crippen molar-refractivity contribution in [2.45, 2.75) is 17.7 Å². The van der Waals surface area contributed by atoms with Crippen LogP contribution >= 0.6 is 0 Å². The molecular weight excluding hydrogens is 456 g/mol. The number of hydrogen-bond donors (Lipinski definition) is 1. The van der Waals surface area contributed by atoms with Crippen LogP contribution in [0.2, 0.25) is 0 Å². The minimum Gasteiger partial charge on any atom is -0.497 e. The number of amides is 1. The van der Waals surface area contributed by atoms with Gasteiger partial charge in [0, 0.05) is 12.1 Å². The van der Waals surface area contributed by atoms with E-state index in [2.05, 4.69) is 5.32 Å². The number of rotatable bonds is 6. The molecule has 1 N–H and O–H groups in total. The smallest absolute Gasteiger partial charge is 0.340 e. The summed E-state index contributed by atoms with van der Waals surface area (Å²) < 4.78 is 38.2. The Labute approximate surface area is 198 Å². The molecule has 0 saturated carbocycles. The van der Waals surface area contributed by atoms with Crippen LogP contribution in [0.1, 0.15) is 32.7 Å². The normalized spacial score (nSPS) is 13.1. The van der Waals surface area contributed by atoms with Gasteiger partial charge in [-0.25, -0.2) is 13.2 Å². The van der Waals surface area contributed by atoms with E-state index in [4.69, 9.17) is 9.47 Å². The van der Waals surface area contributed by atoms with Crippen molar-refractivity contribution in [1.29, 1.82) is 0 Å². The molecule has 1 heterocycles. The molecule has 3 aromatic carbocycles. The van der Waals surface area contributed by atoms with E-state index in [0.29, 0.717) is 24.4 Å². The van der Waals surface area contributed by atoms with E-state index in [1.165, 1.54) is 54.9 Å². The molecule has 3 aromatic rings. The number of para-hydroxylation sites is 1. The van der Waals surface area contributed by atoms with Gasteiger partial charge in [0.2, 0.25) is 0 Å². The first-order valence-corrected chi connectivity index (χ1v) is 12.1. The molecule has 0 spiro atoms. The zero-order valence-corrected chi connectivity index (χ0v) is 19.6. The number of hydrogen-bond acceptors (Lipinski definition) is 6. The number of ether oxygens (including phenoxy) is 2. The molecule has 1 aliphatic heterocycles. The number of fused-ring (bicyclic) bond motifs is 1. The fraction of sp³-hybridized carbons (Fsp3) is 0.200. The van der Waals surface area contributed by atoms with E-state index in [0.717, 1.165) is 12.0 Å². The third-order valence-corrected chi connectivity index (χ3v) is 7.44. The fourth-order valence-electron chi connectivity index (χ4n) is 3.91. The highest BCUT2D eigenvalue weighted by Crippen LogP contribution is 2.32. The van der Waals surface area contributed by atoms with E-state index in [-0.39, 0.29) is 21.7 Å². The highest BCUT2D eigenvalue weighted by molar-refractivity contribution is 7.92. The van der Waals surface area contributed by atoms with Crippen LogP contribution < -0.4 is 14.4 Å². The number of carbonyl (C=O) groups is 2. The Kier molecular flexibility index (Phi) is 6.56. The van der Waals surface area contributed by atoms with Crippen LogP contribution in [0.15, 0.2) is 71.6 Å². The van der Waals surface area contributed by atoms with Gasteiger partial charge in [0.05, 0.1) is 36.1 Å². The first kappa shape index (κ1) is 23.3. The maximum Gasteiger partial charge on any atom is 0.340 e. The molecule has 1 amide bonds. The lowest BCUT2D eigenvalue weighted by molar-refractivity contribution is 0.0601. The number of carbonyl (C=O) groups excluding carboxylic acids is 2. The van der Waals surface area contributed by atoms with Gasteiger partial charge in [-0.1, -0.05) is 24.3 Å². The van der Waals surface area contributed by atoms with Crippen molar-refractivity contribution in [2.24, 2.45) is 0 Å². The molecule has 0 aromatic heterocycles. The second-order valence-electron chi connectivity index (χ2n) is 7.69. The maximum absolute atomic E-state index is 13.5. The third kappa shape index (κ3) is 4.47. The molecular formula is C25H24N2O6S. The molecule has 0 unspecified atom stereocenters. The van der Waals surface area contributed by atoms with Gasteiger partial charge < -0.3 is 14.8 Å². The molecule has 1 aliphatic rings. The van der Waals surface area contributed by atoms with Crippen LogP contribution in [0.5, 0.6) is 5.75 Å². The van der Waals surface area contributed by atoms with E-state index in [1.54, 1.807) is 12.1 Å². The second kappa shape index (κ2) is 9.56. The Balaban J connectivity index is 1.64. The average molecular weight is 481 g/mol. The van der Waals surface area contributed by atoms with Crippen molar-refractivity contribution in [3.05, 3.63) is 83.4 Å². The lowest BCUT2D eigenvalue weighted by Gasteiger charge is -2.30. The standard InChI is InChI=1S/C25H24N2O6S/c1-32-19-12-13-22(21(16-19)25(29)33-2)26-24(28)18-8-5-10-20(15-18)34(30,31)27-14-6-9-17-7-3-4-11-23(17)27/h3-5,7-8,10-13,15-16H,6,9,14H2,1-2H3,(H,26,28). The first-order chi connectivity index (χ1) is 16.3. The summed E-state index contributed by atoms with van der Waals surface area (Å²) in [6, 6.07) is 17.8. The van der Waals surface area contributed by atoms with Gasteiger partial charge in [-0.2, -0.15) is 0 Å². The average Bonchev–Trinajstić information content (AvgIpc) is 2.88. The third-order valence-electron chi connectivity index (χ3n) is 5.63. The summed E-state index contributed by atoms with van der Waals surface area (Å²) in [5.41, 5.74) is 2.10. The second-order valence-corrected chi connectivity index (χ2v) is 9.56. The molecule has 0 fully saturated rings. The summed E-state index contributed by atoms with van der Waals surface area (Å²) in [5, 5.41) is 2.66. The molecule has 0 radical (unpaired) electrons. The Morgan fingerprint density at radius 1 is 0.971 bits per heavy atom. The molecule has 0 bridgehead atoms. The molecule has 34 heavy (non-hydrogen) atoms. The lowest BCUT2D eigenvalue weighted by atomic mass is 10.0.